The van der Waals surface area contributed by atoms with Gasteiger partial charge in [0.2, 0.25) is 5.95 Å². The molecule has 0 unspecified atom stereocenters. The zero-order valence-corrected chi connectivity index (χ0v) is 22.5. The molecule has 0 saturated carbocycles. The van der Waals surface area contributed by atoms with E-state index in [4.69, 9.17) is 0 Å². The van der Waals surface area contributed by atoms with Crippen molar-refractivity contribution >= 4 is 40.0 Å². The third-order valence-corrected chi connectivity index (χ3v) is 8.40. The number of benzene rings is 1. The molecule has 10 nitrogen and oxygen atoms in total. The van der Waals surface area contributed by atoms with Crippen LogP contribution in [0.4, 0.5) is 35.9 Å². The molecule has 0 atom stereocenters. The second-order valence-electron chi connectivity index (χ2n) is 10.1. The number of alkyl halides is 3. The van der Waals surface area contributed by atoms with Crippen LogP contribution in [0.15, 0.2) is 30.3 Å². The zero-order chi connectivity index (χ0) is 28.7. The number of carboxylic acid groups (broad SMARTS) is 1. The summed E-state index contributed by atoms with van der Waals surface area (Å²) >= 11 is 0.971. The number of hydrogen-bond donors (Lipinski definition) is 4. The average molecular weight is 579 g/mol. The van der Waals surface area contributed by atoms with E-state index in [0.29, 0.717) is 61.5 Å². The first-order chi connectivity index (χ1) is 18.9. The zero-order valence-electron chi connectivity index (χ0n) is 21.6. The van der Waals surface area contributed by atoms with Crippen LogP contribution in [0.3, 0.4) is 0 Å². The lowest BCUT2D eigenvalue weighted by Crippen LogP contribution is -2.43. The number of aryl methyl sites for hydroxylation is 1. The van der Waals surface area contributed by atoms with E-state index in [1.165, 1.54) is 12.1 Å². The monoisotopic (exact) mass is 578 g/mol. The molecule has 0 radical (unpaired) electrons. The Bertz CT molecular complexity index is 1380. The Kier molecular flexibility index (Phi) is 7.59. The van der Waals surface area contributed by atoms with Crippen molar-refractivity contribution in [3.8, 4) is 0 Å². The van der Waals surface area contributed by atoms with E-state index in [9.17, 15) is 33.3 Å². The van der Waals surface area contributed by atoms with Crippen LogP contribution in [0.25, 0.3) is 0 Å². The molecule has 2 aliphatic heterocycles. The maximum Gasteiger partial charge on any atom is 0.416 e. The fourth-order valence-corrected chi connectivity index (χ4v) is 5.82. The molecule has 2 fully saturated rings. The van der Waals surface area contributed by atoms with E-state index >= 15 is 0 Å². The fourth-order valence-electron chi connectivity index (χ4n) is 5.02. The molecule has 1 aromatic carbocycles. The summed E-state index contributed by atoms with van der Waals surface area (Å²) in [4.78, 5) is 29.1. The lowest BCUT2D eigenvalue weighted by molar-refractivity contribution is -0.137. The molecule has 14 heteroatoms. The minimum Gasteiger partial charge on any atom is -0.477 e. The number of thiazole rings is 1. The topological polar surface area (TPSA) is 135 Å². The smallest absolute Gasteiger partial charge is 0.416 e. The van der Waals surface area contributed by atoms with Gasteiger partial charge >= 0.3 is 12.1 Å². The summed E-state index contributed by atoms with van der Waals surface area (Å²) in [6, 6.07) is 6.63. The standard InChI is InChI=1S/C26H29F3N6O4S/c1-15-21(22(37)38)40-24(30-15)33-23-31-19(34-9-5-18(36)6-10-34)14-20(32-23)35-11-7-25(39,8-12-35)16-3-2-4-17(13-16)26(27,28)29/h2-4,13-14,18,36,39H,5-12H2,1H3,(H,37,38)(H,30,31,32,33). The second kappa shape index (κ2) is 10.8. The molecule has 0 bridgehead atoms. The highest BCUT2D eigenvalue weighted by Crippen LogP contribution is 2.38. The van der Waals surface area contributed by atoms with Crippen molar-refractivity contribution < 1.29 is 33.3 Å². The van der Waals surface area contributed by atoms with Gasteiger partial charge in [-0.3, -0.25) is 5.32 Å². The largest absolute Gasteiger partial charge is 0.477 e. The minimum absolute atomic E-state index is 0.105. The van der Waals surface area contributed by atoms with Crippen molar-refractivity contribution in [2.24, 2.45) is 0 Å². The van der Waals surface area contributed by atoms with Crippen LogP contribution in [0.2, 0.25) is 0 Å². The summed E-state index contributed by atoms with van der Waals surface area (Å²) in [5.41, 5.74) is -1.62. The number of aromatic carboxylic acids is 1. The molecule has 214 valence electrons. The predicted molar refractivity (Wildman–Crippen MR) is 143 cm³/mol. The molecule has 40 heavy (non-hydrogen) atoms. The van der Waals surface area contributed by atoms with Gasteiger partial charge in [-0.2, -0.15) is 23.1 Å². The van der Waals surface area contributed by atoms with Crippen LogP contribution >= 0.6 is 11.3 Å². The first-order valence-electron chi connectivity index (χ1n) is 12.9. The SMILES string of the molecule is Cc1nc(Nc2nc(N3CCC(O)CC3)cc(N3CCC(O)(c4cccc(C(F)(F)F)c4)CC3)n2)sc1C(=O)O. The summed E-state index contributed by atoms with van der Waals surface area (Å²) < 4.78 is 39.8. The second-order valence-corrected chi connectivity index (χ2v) is 11.1. The van der Waals surface area contributed by atoms with Gasteiger partial charge in [-0.15, -0.1) is 0 Å². The maximum atomic E-state index is 13.3. The normalized spacial score (nSPS) is 18.1. The van der Waals surface area contributed by atoms with Crippen LogP contribution in [-0.2, 0) is 11.8 Å². The number of anilines is 4. The highest BCUT2D eigenvalue weighted by molar-refractivity contribution is 7.17. The molecule has 0 amide bonds. The summed E-state index contributed by atoms with van der Waals surface area (Å²) in [6.45, 7) is 3.45. The van der Waals surface area contributed by atoms with Crippen LogP contribution in [-0.4, -0.2) is 68.5 Å². The van der Waals surface area contributed by atoms with Gasteiger partial charge in [0.15, 0.2) is 5.13 Å². The number of carbonyl (C=O) groups is 1. The number of piperidine rings is 2. The van der Waals surface area contributed by atoms with E-state index < -0.39 is 23.3 Å². The number of aromatic nitrogens is 3. The van der Waals surface area contributed by atoms with Crippen molar-refractivity contribution in [3.63, 3.8) is 0 Å². The molecule has 3 aromatic rings. The minimum atomic E-state index is -4.50. The summed E-state index contributed by atoms with van der Waals surface area (Å²) in [7, 11) is 0. The maximum absolute atomic E-state index is 13.3. The summed E-state index contributed by atoms with van der Waals surface area (Å²) in [5.74, 6) is 0.302. The van der Waals surface area contributed by atoms with Crippen LogP contribution in [0.1, 0.15) is 52.2 Å². The number of hydrogen-bond acceptors (Lipinski definition) is 10. The number of nitrogens with one attached hydrogen (secondary N) is 1. The highest BCUT2D eigenvalue weighted by Gasteiger charge is 2.37. The van der Waals surface area contributed by atoms with Gasteiger partial charge in [-0.25, -0.2) is 9.78 Å². The molecule has 0 spiro atoms. The molecule has 2 aliphatic rings. The van der Waals surface area contributed by atoms with E-state index in [1.54, 1.807) is 6.92 Å². The highest BCUT2D eigenvalue weighted by atomic mass is 32.1. The molecule has 5 rings (SSSR count). The third-order valence-electron chi connectivity index (χ3n) is 7.34. The third kappa shape index (κ3) is 5.98. The van der Waals surface area contributed by atoms with Crippen LogP contribution in [0, 0.1) is 6.92 Å². The van der Waals surface area contributed by atoms with Gasteiger partial charge in [-0.05, 0) is 50.3 Å². The van der Waals surface area contributed by atoms with Gasteiger partial charge < -0.3 is 25.1 Å². The van der Waals surface area contributed by atoms with E-state index in [-0.39, 0.29) is 35.3 Å². The average Bonchev–Trinajstić information content (AvgIpc) is 3.29. The molecule has 0 aliphatic carbocycles. The predicted octanol–water partition coefficient (Wildman–Crippen LogP) is 4.15. The van der Waals surface area contributed by atoms with E-state index in [1.807, 2.05) is 15.9 Å². The molecule has 4 heterocycles. The summed E-state index contributed by atoms with van der Waals surface area (Å²) in [6.07, 6.45) is -3.31. The quantitative estimate of drug-likeness (QED) is 0.338. The Morgan fingerprint density at radius 3 is 2.25 bits per heavy atom. The van der Waals surface area contributed by atoms with Gasteiger partial charge in [0.1, 0.15) is 16.5 Å². The lowest BCUT2D eigenvalue weighted by Gasteiger charge is -2.39. The van der Waals surface area contributed by atoms with Crippen molar-refractivity contribution in [2.75, 3.05) is 41.3 Å². The molecule has 2 saturated heterocycles. The van der Waals surface area contributed by atoms with Crippen molar-refractivity contribution in [1.82, 2.24) is 15.0 Å². The number of aliphatic hydroxyl groups excluding tert-OH is 1. The van der Waals surface area contributed by atoms with E-state index in [2.05, 4.69) is 20.3 Å². The van der Waals surface area contributed by atoms with Gasteiger partial charge in [0, 0.05) is 32.2 Å². The Morgan fingerprint density at radius 2 is 1.68 bits per heavy atom. The Morgan fingerprint density at radius 1 is 1.05 bits per heavy atom. The molecule has 4 N–H and O–H groups in total. The molecular formula is C26H29F3N6O4S. The van der Waals surface area contributed by atoms with Crippen molar-refractivity contribution in [1.29, 1.82) is 0 Å². The molecular weight excluding hydrogens is 549 g/mol. The van der Waals surface area contributed by atoms with Crippen molar-refractivity contribution in [3.05, 3.63) is 52.0 Å². The lowest BCUT2D eigenvalue weighted by atomic mass is 9.83. The number of rotatable bonds is 6. The summed E-state index contributed by atoms with van der Waals surface area (Å²) in [5, 5.41) is 33.9. The van der Waals surface area contributed by atoms with Gasteiger partial charge in [0.25, 0.3) is 0 Å². The Hall–Kier alpha value is -3.49. The Labute approximate surface area is 232 Å². The number of halogens is 3. The first-order valence-corrected chi connectivity index (χ1v) is 13.7. The number of carboxylic acids is 1. The van der Waals surface area contributed by atoms with Crippen LogP contribution in [0.5, 0.6) is 0 Å². The fraction of sp³-hybridized carbons (Fsp3) is 0.462. The number of nitrogens with zero attached hydrogens (tertiary/aromatic N) is 5. The number of aliphatic hydroxyl groups is 2. The van der Waals surface area contributed by atoms with Crippen LogP contribution < -0.4 is 15.1 Å². The first kappa shape index (κ1) is 28.1. The van der Waals surface area contributed by atoms with E-state index in [0.717, 1.165) is 23.5 Å². The van der Waals surface area contributed by atoms with Gasteiger partial charge in [-0.1, -0.05) is 23.5 Å². The molecule has 2 aromatic heterocycles. The Balaban J connectivity index is 1.40. The van der Waals surface area contributed by atoms with Crippen molar-refractivity contribution in [2.45, 2.75) is 50.5 Å². The van der Waals surface area contributed by atoms with Gasteiger partial charge in [0.05, 0.1) is 23.0 Å².